The molecule has 2 aliphatic rings. The average molecular weight is 452 g/mol. The van der Waals surface area contributed by atoms with Crippen molar-refractivity contribution in [3.63, 3.8) is 0 Å². The van der Waals surface area contributed by atoms with E-state index in [0.29, 0.717) is 48.5 Å². The smallest absolute Gasteiger partial charge is 0.290 e. The highest BCUT2D eigenvalue weighted by Crippen LogP contribution is 2.38. The fourth-order valence-electron chi connectivity index (χ4n) is 4.67. The first-order valence-electron chi connectivity index (χ1n) is 11.1. The minimum absolute atomic E-state index is 0.0152. The van der Waals surface area contributed by atoms with Gasteiger partial charge in [-0.1, -0.05) is 12.1 Å². The number of ether oxygens (including phenoxy) is 2. The summed E-state index contributed by atoms with van der Waals surface area (Å²) in [5, 5.41) is 0.360. The summed E-state index contributed by atoms with van der Waals surface area (Å²) in [5.74, 6) is -0.235. The van der Waals surface area contributed by atoms with Gasteiger partial charge in [-0.25, -0.2) is 4.39 Å². The molecule has 0 bridgehead atoms. The SMILES string of the molecule is COc1ccc2c(=O)c3c(oc2c1)C(=O)N(CCCN1CCOCC1)[C@@H]3c1cccc(F)c1. The van der Waals surface area contributed by atoms with Crippen LogP contribution in [0, 0.1) is 5.82 Å². The molecular formula is C25H25FN2O5. The van der Waals surface area contributed by atoms with E-state index in [-0.39, 0.29) is 22.7 Å². The molecule has 1 atom stereocenters. The first-order valence-corrected chi connectivity index (χ1v) is 11.1. The maximum Gasteiger partial charge on any atom is 0.290 e. The molecule has 1 saturated heterocycles. The summed E-state index contributed by atoms with van der Waals surface area (Å²) in [6.07, 6.45) is 0.715. The van der Waals surface area contributed by atoms with Crippen LogP contribution in [0.15, 0.2) is 51.7 Å². The Balaban J connectivity index is 1.54. The Kier molecular flexibility index (Phi) is 5.86. The third kappa shape index (κ3) is 4.00. The van der Waals surface area contributed by atoms with Crippen LogP contribution in [0.1, 0.15) is 34.1 Å². The maximum absolute atomic E-state index is 14.1. The number of methoxy groups -OCH3 is 1. The van der Waals surface area contributed by atoms with Crippen molar-refractivity contribution < 1.29 is 23.1 Å². The number of hydrogen-bond acceptors (Lipinski definition) is 6. The van der Waals surface area contributed by atoms with E-state index in [1.807, 2.05) is 0 Å². The van der Waals surface area contributed by atoms with Gasteiger partial charge in [0.25, 0.3) is 5.91 Å². The van der Waals surface area contributed by atoms with Crippen LogP contribution >= 0.6 is 0 Å². The summed E-state index contributed by atoms with van der Waals surface area (Å²) in [7, 11) is 1.52. The van der Waals surface area contributed by atoms with Crippen molar-refractivity contribution in [1.82, 2.24) is 9.80 Å². The van der Waals surface area contributed by atoms with Crippen molar-refractivity contribution in [3.8, 4) is 5.75 Å². The Morgan fingerprint density at radius 1 is 1.09 bits per heavy atom. The Bertz CT molecular complexity index is 1250. The molecule has 7 nitrogen and oxygen atoms in total. The minimum atomic E-state index is -0.698. The summed E-state index contributed by atoms with van der Waals surface area (Å²) in [6, 6.07) is 10.3. The van der Waals surface area contributed by atoms with Crippen LogP contribution in [-0.2, 0) is 4.74 Å². The number of halogens is 1. The largest absolute Gasteiger partial charge is 0.497 e. The molecule has 3 aromatic rings. The molecule has 0 saturated carbocycles. The molecule has 0 spiro atoms. The van der Waals surface area contributed by atoms with E-state index in [9.17, 15) is 14.0 Å². The third-order valence-corrected chi connectivity index (χ3v) is 6.32. The van der Waals surface area contributed by atoms with Crippen molar-refractivity contribution in [2.24, 2.45) is 0 Å². The number of carbonyl (C=O) groups is 1. The van der Waals surface area contributed by atoms with Gasteiger partial charge in [0.1, 0.15) is 17.1 Å². The number of amides is 1. The Labute approximate surface area is 190 Å². The lowest BCUT2D eigenvalue weighted by Crippen LogP contribution is -2.38. The standard InChI is InChI=1S/C25H25FN2O5/c1-31-18-6-7-19-20(15-18)33-24-21(23(19)29)22(16-4-2-5-17(26)14-16)28(25(24)30)9-3-8-27-10-12-32-13-11-27/h2,4-7,14-15,22H,3,8-13H2,1H3/t22-/m1/s1. The van der Waals surface area contributed by atoms with E-state index in [4.69, 9.17) is 13.9 Å². The van der Waals surface area contributed by atoms with Crippen LogP contribution in [0.4, 0.5) is 4.39 Å². The zero-order chi connectivity index (χ0) is 22.9. The lowest BCUT2D eigenvalue weighted by atomic mass is 9.98. The zero-order valence-electron chi connectivity index (χ0n) is 18.4. The van der Waals surface area contributed by atoms with Crippen molar-refractivity contribution in [2.45, 2.75) is 12.5 Å². The second-order valence-electron chi connectivity index (χ2n) is 8.30. The minimum Gasteiger partial charge on any atom is -0.497 e. The summed E-state index contributed by atoms with van der Waals surface area (Å²) >= 11 is 0. The normalized spacial score (nSPS) is 18.7. The monoisotopic (exact) mass is 452 g/mol. The van der Waals surface area contributed by atoms with Gasteiger partial charge >= 0.3 is 0 Å². The first-order chi connectivity index (χ1) is 16.1. The van der Waals surface area contributed by atoms with Crippen LogP contribution in [0.25, 0.3) is 11.0 Å². The number of rotatable bonds is 6. The molecule has 2 aliphatic heterocycles. The molecule has 1 aromatic heterocycles. The Hall–Kier alpha value is -3.23. The number of hydrogen-bond donors (Lipinski definition) is 0. The van der Waals surface area contributed by atoms with E-state index < -0.39 is 11.9 Å². The number of benzene rings is 2. The van der Waals surface area contributed by atoms with E-state index >= 15 is 0 Å². The molecule has 0 unspecified atom stereocenters. The van der Waals surface area contributed by atoms with Gasteiger partial charge in [0.2, 0.25) is 5.76 Å². The second-order valence-corrected chi connectivity index (χ2v) is 8.30. The molecular weight excluding hydrogens is 427 g/mol. The van der Waals surface area contributed by atoms with Gasteiger partial charge < -0.3 is 18.8 Å². The molecule has 1 amide bonds. The van der Waals surface area contributed by atoms with Crippen LogP contribution in [0.3, 0.4) is 0 Å². The summed E-state index contributed by atoms with van der Waals surface area (Å²) < 4.78 is 30.7. The fraction of sp³-hybridized carbons (Fsp3) is 0.360. The molecule has 0 N–H and O–H groups in total. The van der Waals surface area contributed by atoms with E-state index in [2.05, 4.69) is 4.90 Å². The number of fused-ring (bicyclic) bond motifs is 2. The lowest BCUT2D eigenvalue weighted by Gasteiger charge is -2.29. The highest BCUT2D eigenvalue weighted by Gasteiger charge is 2.42. The van der Waals surface area contributed by atoms with Crippen LogP contribution in [0.5, 0.6) is 5.75 Å². The third-order valence-electron chi connectivity index (χ3n) is 6.32. The molecule has 2 aromatic carbocycles. The van der Waals surface area contributed by atoms with Crippen LogP contribution < -0.4 is 10.2 Å². The summed E-state index contributed by atoms with van der Waals surface area (Å²) in [5.41, 5.74) is 0.815. The molecule has 172 valence electrons. The number of carbonyl (C=O) groups excluding carboxylic acids is 1. The predicted octanol–water partition coefficient (Wildman–Crippen LogP) is 3.21. The average Bonchev–Trinajstić information content (AvgIpc) is 3.11. The highest BCUT2D eigenvalue weighted by atomic mass is 19.1. The van der Waals surface area contributed by atoms with Gasteiger partial charge in [0.15, 0.2) is 5.43 Å². The van der Waals surface area contributed by atoms with E-state index in [0.717, 1.165) is 19.6 Å². The molecule has 1 fully saturated rings. The van der Waals surface area contributed by atoms with Crippen LogP contribution in [-0.4, -0.2) is 62.2 Å². The highest BCUT2D eigenvalue weighted by molar-refractivity contribution is 5.99. The zero-order valence-corrected chi connectivity index (χ0v) is 18.4. The Morgan fingerprint density at radius 2 is 1.91 bits per heavy atom. The summed E-state index contributed by atoms with van der Waals surface area (Å²) in [4.78, 5) is 30.9. The van der Waals surface area contributed by atoms with Crippen molar-refractivity contribution >= 4 is 16.9 Å². The Morgan fingerprint density at radius 3 is 2.67 bits per heavy atom. The molecule has 3 heterocycles. The van der Waals surface area contributed by atoms with E-state index in [1.165, 1.54) is 19.2 Å². The van der Waals surface area contributed by atoms with Gasteiger partial charge in [-0.05, 0) is 36.2 Å². The lowest BCUT2D eigenvalue weighted by molar-refractivity contribution is 0.0353. The van der Waals surface area contributed by atoms with Gasteiger partial charge in [0.05, 0.1) is 37.3 Å². The molecule has 33 heavy (non-hydrogen) atoms. The van der Waals surface area contributed by atoms with E-state index in [1.54, 1.807) is 35.2 Å². The summed E-state index contributed by atoms with van der Waals surface area (Å²) in [6.45, 7) is 4.34. The van der Waals surface area contributed by atoms with Crippen molar-refractivity contribution in [2.75, 3.05) is 46.5 Å². The maximum atomic E-state index is 14.1. The first kappa shape index (κ1) is 21.6. The number of nitrogens with zero attached hydrogens (tertiary/aromatic N) is 2. The van der Waals surface area contributed by atoms with Gasteiger partial charge in [-0.2, -0.15) is 0 Å². The number of morpholine rings is 1. The second kappa shape index (κ2) is 8.96. The van der Waals surface area contributed by atoms with Crippen molar-refractivity contribution in [3.05, 3.63) is 75.4 Å². The molecule has 0 aliphatic carbocycles. The topological polar surface area (TPSA) is 72.2 Å². The van der Waals surface area contributed by atoms with Gasteiger partial charge in [0, 0.05) is 32.2 Å². The van der Waals surface area contributed by atoms with Crippen LogP contribution in [0.2, 0.25) is 0 Å². The van der Waals surface area contributed by atoms with Crippen molar-refractivity contribution in [1.29, 1.82) is 0 Å². The van der Waals surface area contributed by atoms with Gasteiger partial charge in [-0.3, -0.25) is 14.5 Å². The van der Waals surface area contributed by atoms with Gasteiger partial charge in [-0.15, -0.1) is 0 Å². The quantitative estimate of drug-likeness (QED) is 0.572. The molecule has 5 rings (SSSR count). The predicted molar refractivity (Wildman–Crippen MR) is 120 cm³/mol. The fourth-order valence-corrected chi connectivity index (χ4v) is 4.67. The molecule has 8 heteroatoms. The molecule has 0 radical (unpaired) electrons.